The van der Waals surface area contributed by atoms with E-state index in [0.29, 0.717) is 11.3 Å². The lowest BCUT2D eigenvalue weighted by molar-refractivity contribution is -0.114. The second kappa shape index (κ2) is 7.70. The van der Waals surface area contributed by atoms with E-state index in [2.05, 4.69) is 10.6 Å². The van der Waals surface area contributed by atoms with Crippen LogP contribution in [0.25, 0.3) is 0 Å². The molecule has 6 heteroatoms. The molecule has 1 unspecified atom stereocenters. The van der Waals surface area contributed by atoms with Crippen molar-refractivity contribution < 1.29 is 19.1 Å². The number of carbonyl (C=O) groups excluding carboxylic acids is 2. The Labute approximate surface area is 139 Å². The Morgan fingerprint density at radius 1 is 1.21 bits per heavy atom. The minimum absolute atomic E-state index is 0.122. The zero-order chi connectivity index (χ0) is 17.7. The Bertz CT molecular complexity index is 762. The van der Waals surface area contributed by atoms with Crippen LogP contribution in [0.5, 0.6) is 0 Å². The highest BCUT2D eigenvalue weighted by atomic mass is 19.1. The van der Waals surface area contributed by atoms with Gasteiger partial charge in [0.05, 0.1) is 6.10 Å². The van der Waals surface area contributed by atoms with Crippen LogP contribution in [0.3, 0.4) is 0 Å². The zero-order valence-electron chi connectivity index (χ0n) is 13.5. The fourth-order valence-corrected chi connectivity index (χ4v) is 2.23. The summed E-state index contributed by atoms with van der Waals surface area (Å²) < 4.78 is 13.6. The van der Waals surface area contributed by atoms with Gasteiger partial charge in [0.15, 0.2) is 0 Å². The molecule has 0 saturated heterocycles. The number of hydrogen-bond acceptors (Lipinski definition) is 3. The summed E-state index contributed by atoms with van der Waals surface area (Å²) in [6.45, 7) is 3.08. The third kappa shape index (κ3) is 4.39. The summed E-state index contributed by atoms with van der Waals surface area (Å²) in [6, 6.07) is 10.7. The Morgan fingerprint density at radius 2 is 1.92 bits per heavy atom. The second-order valence-corrected chi connectivity index (χ2v) is 5.46. The third-order valence-electron chi connectivity index (χ3n) is 3.53. The van der Waals surface area contributed by atoms with E-state index in [-0.39, 0.29) is 18.0 Å². The first-order valence-electron chi connectivity index (χ1n) is 7.47. The van der Waals surface area contributed by atoms with Crippen LogP contribution in [0.2, 0.25) is 0 Å². The zero-order valence-corrected chi connectivity index (χ0v) is 13.5. The molecule has 0 saturated carbocycles. The number of hydrogen-bond donors (Lipinski definition) is 3. The van der Waals surface area contributed by atoms with E-state index in [0.717, 1.165) is 5.56 Å². The Hall–Kier alpha value is -2.73. The molecule has 0 aliphatic heterocycles. The molecule has 0 aliphatic rings. The van der Waals surface area contributed by atoms with Gasteiger partial charge in [0.25, 0.3) is 5.91 Å². The number of rotatable bonds is 5. The van der Waals surface area contributed by atoms with Crippen LogP contribution in [0.15, 0.2) is 42.5 Å². The molecule has 5 nitrogen and oxygen atoms in total. The summed E-state index contributed by atoms with van der Waals surface area (Å²) in [5.74, 6) is -1.18. The fourth-order valence-electron chi connectivity index (χ4n) is 2.23. The van der Waals surface area contributed by atoms with Gasteiger partial charge in [-0.15, -0.1) is 0 Å². The first-order chi connectivity index (χ1) is 11.4. The number of amides is 2. The van der Waals surface area contributed by atoms with Gasteiger partial charge < -0.3 is 15.7 Å². The number of halogens is 1. The topological polar surface area (TPSA) is 78.4 Å². The minimum Gasteiger partial charge on any atom is -0.386 e. The van der Waals surface area contributed by atoms with E-state index in [1.54, 1.807) is 24.3 Å². The van der Waals surface area contributed by atoms with Crippen LogP contribution in [0.1, 0.15) is 34.5 Å². The summed E-state index contributed by atoms with van der Waals surface area (Å²) in [4.78, 5) is 23.4. The number of aryl methyl sites for hydroxylation is 1. The minimum atomic E-state index is -1.14. The van der Waals surface area contributed by atoms with Crippen molar-refractivity contribution in [3.8, 4) is 0 Å². The van der Waals surface area contributed by atoms with Crippen molar-refractivity contribution in [1.82, 2.24) is 5.32 Å². The maximum absolute atomic E-state index is 13.6. The molecule has 2 amide bonds. The van der Waals surface area contributed by atoms with Gasteiger partial charge in [-0.3, -0.25) is 9.59 Å². The first-order valence-corrected chi connectivity index (χ1v) is 7.47. The molecule has 1 atom stereocenters. The van der Waals surface area contributed by atoms with Crippen molar-refractivity contribution in [3.63, 3.8) is 0 Å². The van der Waals surface area contributed by atoms with Crippen LogP contribution >= 0.6 is 0 Å². The average molecular weight is 330 g/mol. The predicted octanol–water partition coefficient (Wildman–Crippen LogP) is 2.56. The quantitative estimate of drug-likeness (QED) is 0.788. The van der Waals surface area contributed by atoms with Crippen molar-refractivity contribution in [2.24, 2.45) is 0 Å². The lowest BCUT2D eigenvalue weighted by Gasteiger charge is -2.14. The molecule has 0 spiro atoms. The molecule has 0 radical (unpaired) electrons. The Balaban J connectivity index is 2.05. The third-order valence-corrected chi connectivity index (χ3v) is 3.53. The summed E-state index contributed by atoms with van der Waals surface area (Å²) in [7, 11) is 0. The molecule has 0 aliphatic carbocycles. The summed E-state index contributed by atoms with van der Waals surface area (Å²) in [5.41, 5.74) is 1.84. The number of aliphatic hydroxyl groups is 1. The normalized spacial score (nSPS) is 11.7. The van der Waals surface area contributed by atoms with Crippen LogP contribution < -0.4 is 10.6 Å². The lowest BCUT2D eigenvalue weighted by Crippen LogP contribution is -2.28. The number of anilines is 1. The molecule has 0 aromatic heterocycles. The highest BCUT2D eigenvalue weighted by molar-refractivity contribution is 5.97. The maximum atomic E-state index is 13.6. The van der Waals surface area contributed by atoms with E-state index in [4.69, 9.17) is 0 Å². The Kier molecular flexibility index (Phi) is 5.65. The standard InChI is InChI=1S/C18H19FN2O3/c1-11-7-8-13(9-16(11)21-12(2)22)18(24)20-10-17(23)14-5-3-4-6-15(14)19/h3-9,17,23H,10H2,1-2H3,(H,20,24)(H,21,22). The van der Waals surface area contributed by atoms with Crippen LogP contribution in [0.4, 0.5) is 10.1 Å². The van der Waals surface area contributed by atoms with Crippen molar-refractivity contribution in [3.05, 3.63) is 65.0 Å². The molecule has 2 aromatic rings. The molecule has 126 valence electrons. The molecular formula is C18H19FN2O3. The largest absolute Gasteiger partial charge is 0.386 e. The molecule has 0 fully saturated rings. The van der Waals surface area contributed by atoms with E-state index in [9.17, 15) is 19.1 Å². The van der Waals surface area contributed by atoms with E-state index >= 15 is 0 Å². The molecule has 3 N–H and O–H groups in total. The van der Waals surface area contributed by atoms with Crippen LogP contribution in [-0.4, -0.2) is 23.5 Å². The van der Waals surface area contributed by atoms with Gasteiger partial charge in [-0.2, -0.15) is 0 Å². The summed E-state index contributed by atoms with van der Waals surface area (Å²) in [6.07, 6.45) is -1.14. The van der Waals surface area contributed by atoms with E-state index < -0.39 is 17.8 Å². The summed E-state index contributed by atoms with van der Waals surface area (Å²) in [5, 5.41) is 15.2. The van der Waals surface area contributed by atoms with Gasteiger partial charge in [0, 0.05) is 30.3 Å². The number of aliphatic hydroxyl groups excluding tert-OH is 1. The second-order valence-electron chi connectivity index (χ2n) is 5.46. The van der Waals surface area contributed by atoms with Crippen molar-refractivity contribution in [1.29, 1.82) is 0 Å². The van der Waals surface area contributed by atoms with Crippen LogP contribution in [0, 0.1) is 12.7 Å². The van der Waals surface area contributed by atoms with Crippen molar-refractivity contribution in [2.45, 2.75) is 20.0 Å². The maximum Gasteiger partial charge on any atom is 0.251 e. The van der Waals surface area contributed by atoms with Gasteiger partial charge in [-0.25, -0.2) is 4.39 Å². The number of benzene rings is 2. The SMILES string of the molecule is CC(=O)Nc1cc(C(=O)NCC(O)c2ccccc2F)ccc1C. The van der Waals surface area contributed by atoms with Gasteiger partial charge in [-0.05, 0) is 30.7 Å². The first kappa shape index (κ1) is 17.6. The van der Waals surface area contributed by atoms with E-state index in [1.165, 1.54) is 25.1 Å². The van der Waals surface area contributed by atoms with E-state index in [1.807, 2.05) is 6.92 Å². The predicted molar refractivity (Wildman–Crippen MR) is 89.2 cm³/mol. The molecular weight excluding hydrogens is 311 g/mol. The van der Waals surface area contributed by atoms with Crippen LogP contribution in [-0.2, 0) is 4.79 Å². The number of carbonyl (C=O) groups is 2. The Morgan fingerprint density at radius 3 is 2.58 bits per heavy atom. The molecule has 2 rings (SSSR count). The number of nitrogens with one attached hydrogen (secondary N) is 2. The fraction of sp³-hybridized carbons (Fsp3) is 0.222. The van der Waals surface area contributed by atoms with Gasteiger partial charge in [-0.1, -0.05) is 24.3 Å². The highest BCUT2D eigenvalue weighted by Gasteiger charge is 2.15. The highest BCUT2D eigenvalue weighted by Crippen LogP contribution is 2.18. The van der Waals surface area contributed by atoms with Gasteiger partial charge in [0.2, 0.25) is 5.91 Å². The monoisotopic (exact) mass is 330 g/mol. The lowest BCUT2D eigenvalue weighted by atomic mass is 10.1. The average Bonchev–Trinajstić information content (AvgIpc) is 2.54. The van der Waals surface area contributed by atoms with Crippen molar-refractivity contribution in [2.75, 3.05) is 11.9 Å². The molecule has 24 heavy (non-hydrogen) atoms. The molecule has 2 aromatic carbocycles. The van der Waals surface area contributed by atoms with Gasteiger partial charge in [0.1, 0.15) is 5.82 Å². The van der Waals surface area contributed by atoms with Gasteiger partial charge >= 0.3 is 0 Å². The molecule has 0 heterocycles. The summed E-state index contributed by atoms with van der Waals surface area (Å²) >= 11 is 0. The van der Waals surface area contributed by atoms with Crippen molar-refractivity contribution >= 4 is 17.5 Å². The molecule has 0 bridgehead atoms. The smallest absolute Gasteiger partial charge is 0.251 e.